The summed E-state index contributed by atoms with van der Waals surface area (Å²) >= 11 is 1.48. The summed E-state index contributed by atoms with van der Waals surface area (Å²) in [5.41, 5.74) is -0.0763. The molecule has 3 saturated heterocycles. The molecule has 3 aliphatic heterocycles. The number of carbonyl (C=O) groups excluding carboxylic acids is 2. The third-order valence-corrected chi connectivity index (χ3v) is 9.62. The van der Waals surface area contributed by atoms with E-state index in [9.17, 15) is 23.1 Å². The summed E-state index contributed by atoms with van der Waals surface area (Å²) in [5.74, 6) is -2.98. The minimum atomic E-state index is -5.19. The largest absolute Gasteiger partial charge is 0.542 e. The number of hydrogen-bond acceptors (Lipinski definition) is 6. The van der Waals surface area contributed by atoms with Crippen molar-refractivity contribution in [3.8, 4) is 0 Å². The zero-order chi connectivity index (χ0) is 28.1. The molecule has 0 amide bonds. The smallest absolute Gasteiger partial charge is 0.430 e. The van der Waals surface area contributed by atoms with Crippen molar-refractivity contribution < 1.29 is 42.2 Å². The monoisotopic (exact) mass is 567 g/mol. The SMILES string of the molecule is O=C(O[C@@H]1C[N+]2(CCCc3ccccc3)CCC1CC2)[C@](O)(c1cccs1)C1CCCC1.O=C([O-])C(F)(F)F. The van der Waals surface area contributed by atoms with Crippen molar-refractivity contribution in [1.82, 2.24) is 0 Å². The van der Waals surface area contributed by atoms with Gasteiger partial charge in [-0.1, -0.05) is 49.2 Å². The number of piperidine rings is 3. The first kappa shape index (κ1) is 29.6. The highest BCUT2D eigenvalue weighted by Gasteiger charge is 2.53. The van der Waals surface area contributed by atoms with Gasteiger partial charge >= 0.3 is 12.1 Å². The number of quaternary nitrogens is 1. The Labute approximate surface area is 231 Å². The fourth-order valence-electron chi connectivity index (χ4n) is 6.47. The Morgan fingerprint density at radius 2 is 1.67 bits per heavy atom. The Kier molecular flexibility index (Phi) is 9.39. The van der Waals surface area contributed by atoms with E-state index in [4.69, 9.17) is 14.6 Å². The fourth-order valence-corrected chi connectivity index (χ4v) is 7.36. The standard InChI is InChI=1S/C27H36NO3S.C2HF3O2/c29-26(27(30,23-11-4-5-12-23)25-13-7-19-32-25)31-24-20-28(17-14-22(24)15-18-28)16-6-10-21-8-2-1-3-9-21;3-2(4,5)1(6)7/h1-3,7-9,13,19,22-24,30H,4-6,10-12,14-18,20H2;(H,6,7)/q+1;/p-1/t22?,24-,27-,28?;/m1./s1. The van der Waals surface area contributed by atoms with E-state index in [1.165, 1.54) is 30.0 Å². The number of halogens is 3. The van der Waals surface area contributed by atoms with E-state index in [-0.39, 0.29) is 12.0 Å². The van der Waals surface area contributed by atoms with Gasteiger partial charge in [-0.05, 0) is 36.3 Å². The number of carboxylic acid groups (broad SMARTS) is 1. The lowest BCUT2D eigenvalue weighted by molar-refractivity contribution is -0.946. The molecular formula is C29H36F3NO5S. The molecule has 1 aliphatic carbocycles. The van der Waals surface area contributed by atoms with E-state index >= 15 is 0 Å². The predicted octanol–water partition coefficient (Wildman–Crippen LogP) is 4.21. The highest BCUT2D eigenvalue weighted by atomic mass is 32.1. The second kappa shape index (κ2) is 12.4. The van der Waals surface area contributed by atoms with Crippen LogP contribution in [0.3, 0.4) is 0 Å². The average Bonchev–Trinajstić information content (AvgIpc) is 3.65. The average molecular weight is 568 g/mol. The van der Waals surface area contributed by atoms with Crippen LogP contribution in [0, 0.1) is 11.8 Å². The summed E-state index contributed by atoms with van der Waals surface area (Å²) in [6, 6.07) is 14.5. The van der Waals surface area contributed by atoms with Crippen LogP contribution in [0.25, 0.3) is 0 Å². The predicted molar refractivity (Wildman–Crippen MR) is 138 cm³/mol. The second-order valence-electron chi connectivity index (χ2n) is 11.1. The molecule has 1 N–H and O–H groups in total. The maximum Gasteiger partial charge on any atom is 0.430 e. The molecule has 39 heavy (non-hydrogen) atoms. The van der Waals surface area contributed by atoms with E-state index in [0.717, 1.165) is 73.8 Å². The zero-order valence-corrected chi connectivity index (χ0v) is 22.7. The number of benzene rings is 1. The summed E-state index contributed by atoms with van der Waals surface area (Å²) in [7, 11) is 0. The third kappa shape index (κ3) is 7.02. The van der Waals surface area contributed by atoms with Gasteiger partial charge < -0.3 is 24.2 Å². The van der Waals surface area contributed by atoms with Crippen molar-refractivity contribution in [3.63, 3.8) is 0 Å². The zero-order valence-electron chi connectivity index (χ0n) is 21.9. The molecular weight excluding hydrogens is 531 g/mol. The van der Waals surface area contributed by atoms with Crippen molar-refractivity contribution in [2.45, 2.75) is 69.2 Å². The Hall–Kier alpha value is -2.43. The van der Waals surface area contributed by atoms with E-state index < -0.39 is 23.7 Å². The van der Waals surface area contributed by atoms with Crippen LogP contribution in [-0.2, 0) is 26.3 Å². The van der Waals surface area contributed by atoms with Crippen LogP contribution in [-0.4, -0.2) is 60.0 Å². The minimum Gasteiger partial charge on any atom is -0.542 e. The third-order valence-electron chi connectivity index (χ3n) is 8.63. The van der Waals surface area contributed by atoms with Gasteiger partial charge in [-0.3, -0.25) is 0 Å². The van der Waals surface area contributed by atoms with Crippen LogP contribution in [0.5, 0.6) is 0 Å². The van der Waals surface area contributed by atoms with Gasteiger partial charge in [0.15, 0.2) is 11.7 Å². The number of carbonyl (C=O) groups is 2. The number of hydrogen-bond donors (Lipinski definition) is 1. The molecule has 6 rings (SSSR count). The number of aliphatic carboxylic acids is 1. The van der Waals surface area contributed by atoms with Crippen LogP contribution in [0.15, 0.2) is 47.8 Å². The Morgan fingerprint density at radius 1 is 1.03 bits per heavy atom. The molecule has 10 heteroatoms. The topological polar surface area (TPSA) is 86.7 Å². The molecule has 6 nitrogen and oxygen atoms in total. The number of fused-ring (bicyclic) bond motifs is 3. The number of rotatable bonds is 8. The molecule has 4 heterocycles. The first-order valence-corrected chi connectivity index (χ1v) is 14.6. The molecule has 0 spiro atoms. The van der Waals surface area contributed by atoms with Gasteiger partial charge in [0.25, 0.3) is 0 Å². The molecule has 1 aromatic heterocycles. The molecule has 214 valence electrons. The summed E-state index contributed by atoms with van der Waals surface area (Å²) in [6.07, 6.45) is 3.24. The maximum atomic E-state index is 13.5. The maximum absolute atomic E-state index is 13.5. The lowest BCUT2D eigenvalue weighted by Gasteiger charge is -2.52. The lowest BCUT2D eigenvalue weighted by atomic mass is 9.81. The molecule has 2 bridgehead atoms. The fraction of sp³-hybridized carbons (Fsp3) is 0.586. The quantitative estimate of drug-likeness (QED) is 0.382. The van der Waals surface area contributed by atoms with Gasteiger partial charge in [-0.15, -0.1) is 11.3 Å². The van der Waals surface area contributed by atoms with E-state index in [0.29, 0.717) is 5.92 Å². The van der Waals surface area contributed by atoms with Crippen LogP contribution in [0.2, 0.25) is 0 Å². The normalized spacial score (nSPS) is 26.4. The first-order chi connectivity index (χ1) is 18.5. The van der Waals surface area contributed by atoms with Gasteiger partial charge in [-0.25, -0.2) is 4.79 Å². The summed E-state index contributed by atoms with van der Waals surface area (Å²) < 4.78 is 38.8. The molecule has 1 aromatic carbocycles. The van der Waals surface area contributed by atoms with Gasteiger partial charge in [0.1, 0.15) is 12.5 Å². The highest BCUT2D eigenvalue weighted by molar-refractivity contribution is 7.10. The number of esters is 1. The molecule has 4 aliphatic rings. The summed E-state index contributed by atoms with van der Waals surface area (Å²) in [5, 5.41) is 22.4. The van der Waals surface area contributed by atoms with Crippen molar-refractivity contribution in [2.24, 2.45) is 11.8 Å². The number of ether oxygens (including phenoxy) is 1. The van der Waals surface area contributed by atoms with E-state index in [1.54, 1.807) is 0 Å². The van der Waals surface area contributed by atoms with Gasteiger partial charge in [0.05, 0.1) is 19.6 Å². The molecule has 2 aromatic rings. The Bertz CT molecular complexity index is 1080. The number of nitrogens with zero attached hydrogens (tertiary/aromatic N) is 1. The van der Waals surface area contributed by atoms with Gasteiger partial charge in [0.2, 0.25) is 0 Å². The van der Waals surface area contributed by atoms with Crippen molar-refractivity contribution in [1.29, 1.82) is 0 Å². The number of thiophene rings is 1. The second-order valence-corrected chi connectivity index (χ2v) is 12.0. The number of carboxylic acids is 1. The molecule has 1 saturated carbocycles. The molecule has 4 fully saturated rings. The van der Waals surface area contributed by atoms with Gasteiger partial charge in [-0.2, -0.15) is 13.2 Å². The van der Waals surface area contributed by atoms with Crippen LogP contribution in [0.4, 0.5) is 13.2 Å². The Morgan fingerprint density at radius 3 is 2.23 bits per heavy atom. The summed E-state index contributed by atoms with van der Waals surface area (Å²) in [6.45, 7) is 4.46. The highest BCUT2D eigenvalue weighted by Crippen LogP contribution is 2.44. The summed E-state index contributed by atoms with van der Waals surface area (Å²) in [4.78, 5) is 23.1. The molecule has 0 unspecified atom stereocenters. The van der Waals surface area contributed by atoms with Crippen molar-refractivity contribution >= 4 is 23.3 Å². The lowest BCUT2D eigenvalue weighted by Crippen LogP contribution is -2.65. The Balaban J connectivity index is 0.000000448. The van der Waals surface area contributed by atoms with Gasteiger partial charge in [0, 0.05) is 36.0 Å². The minimum absolute atomic E-state index is 0.0243. The van der Waals surface area contributed by atoms with E-state index in [1.807, 2.05) is 17.5 Å². The number of aryl methyl sites for hydroxylation is 1. The number of aliphatic hydroxyl groups is 1. The van der Waals surface area contributed by atoms with Crippen LogP contribution in [0.1, 0.15) is 55.4 Å². The van der Waals surface area contributed by atoms with Crippen molar-refractivity contribution in [3.05, 3.63) is 58.3 Å². The van der Waals surface area contributed by atoms with Crippen LogP contribution >= 0.6 is 11.3 Å². The number of alkyl halides is 3. The van der Waals surface area contributed by atoms with Crippen molar-refractivity contribution in [2.75, 3.05) is 26.2 Å². The van der Waals surface area contributed by atoms with E-state index in [2.05, 4.69) is 30.3 Å². The van der Waals surface area contributed by atoms with Crippen LogP contribution < -0.4 is 5.11 Å². The molecule has 0 radical (unpaired) electrons. The first-order valence-electron chi connectivity index (χ1n) is 13.7. The molecule has 2 atom stereocenters.